The maximum Gasteiger partial charge on any atom is 0.308 e. The van der Waals surface area contributed by atoms with E-state index in [-0.39, 0.29) is 29.1 Å². The summed E-state index contributed by atoms with van der Waals surface area (Å²) in [5.74, 6) is -2.28. The van der Waals surface area contributed by atoms with E-state index in [1.807, 2.05) is 20.8 Å². The standard InChI is InChI=1S/C29H44O8/c1-9-16(3)11-12-28(8)18(5)13-24(32)29-22(26(34-19(6)30)37-27(29)35-20(7)31)14-21(15-23(28)29)36-25(33)17(4)10-2/h9,11,17-18,21-24,26-27,32H,1,10,12-15H2,2-8H3. The minimum absolute atomic E-state index is 0.0995. The van der Waals surface area contributed by atoms with Crippen LogP contribution in [-0.2, 0) is 33.3 Å². The molecule has 8 heteroatoms. The molecule has 208 valence electrons. The Kier molecular flexibility index (Phi) is 8.95. The fourth-order valence-electron chi connectivity index (χ4n) is 6.86. The fourth-order valence-corrected chi connectivity index (χ4v) is 6.86. The Balaban J connectivity index is 2.16. The minimum atomic E-state index is -1.10. The lowest BCUT2D eigenvalue weighted by molar-refractivity contribution is -0.264. The van der Waals surface area contributed by atoms with Gasteiger partial charge in [0.05, 0.1) is 17.4 Å². The Morgan fingerprint density at radius 2 is 1.76 bits per heavy atom. The van der Waals surface area contributed by atoms with Gasteiger partial charge in [-0.2, -0.15) is 0 Å². The molecule has 0 aromatic rings. The van der Waals surface area contributed by atoms with E-state index in [1.165, 1.54) is 13.8 Å². The number of hydrogen-bond donors (Lipinski definition) is 1. The molecule has 0 radical (unpaired) electrons. The van der Waals surface area contributed by atoms with Crippen LogP contribution < -0.4 is 0 Å². The Bertz CT molecular complexity index is 927. The van der Waals surface area contributed by atoms with E-state index in [0.29, 0.717) is 32.1 Å². The zero-order chi connectivity index (χ0) is 27.7. The first-order chi connectivity index (χ1) is 17.3. The summed E-state index contributed by atoms with van der Waals surface area (Å²) in [6.45, 7) is 16.5. The fraction of sp³-hybridized carbons (Fsp3) is 0.759. The van der Waals surface area contributed by atoms with Crippen molar-refractivity contribution in [3.05, 3.63) is 24.3 Å². The highest BCUT2D eigenvalue weighted by Gasteiger charge is 2.73. The summed E-state index contributed by atoms with van der Waals surface area (Å²) in [4.78, 5) is 37.1. The molecule has 0 aromatic carbocycles. The van der Waals surface area contributed by atoms with Crippen LogP contribution in [-0.4, -0.2) is 47.8 Å². The van der Waals surface area contributed by atoms with Crippen LogP contribution in [0.1, 0.15) is 80.6 Å². The summed E-state index contributed by atoms with van der Waals surface area (Å²) in [7, 11) is 0. The van der Waals surface area contributed by atoms with Crippen molar-refractivity contribution < 1.29 is 38.4 Å². The topological polar surface area (TPSA) is 108 Å². The molecule has 0 bridgehead atoms. The van der Waals surface area contributed by atoms with Gasteiger partial charge in [-0.3, -0.25) is 14.4 Å². The predicted molar refractivity (Wildman–Crippen MR) is 137 cm³/mol. The second-order valence-electron chi connectivity index (χ2n) is 11.6. The number of carbonyl (C=O) groups is 3. The van der Waals surface area contributed by atoms with Crippen molar-refractivity contribution in [3.63, 3.8) is 0 Å². The number of ether oxygens (including phenoxy) is 4. The molecule has 10 unspecified atom stereocenters. The molecule has 3 aliphatic rings. The van der Waals surface area contributed by atoms with E-state index in [9.17, 15) is 19.5 Å². The summed E-state index contributed by atoms with van der Waals surface area (Å²) in [5.41, 5.74) is -0.351. The van der Waals surface area contributed by atoms with E-state index >= 15 is 0 Å². The smallest absolute Gasteiger partial charge is 0.308 e. The van der Waals surface area contributed by atoms with Crippen molar-refractivity contribution in [3.8, 4) is 0 Å². The van der Waals surface area contributed by atoms with Gasteiger partial charge in [0.25, 0.3) is 0 Å². The molecule has 0 aromatic heterocycles. The lowest BCUT2D eigenvalue weighted by Crippen LogP contribution is -2.66. The van der Waals surface area contributed by atoms with Crippen LogP contribution in [0.15, 0.2) is 24.3 Å². The molecule has 3 fully saturated rings. The second kappa shape index (κ2) is 11.3. The van der Waals surface area contributed by atoms with Gasteiger partial charge in [0, 0.05) is 19.8 Å². The molecule has 8 nitrogen and oxygen atoms in total. The zero-order valence-electron chi connectivity index (χ0n) is 23.3. The van der Waals surface area contributed by atoms with Crippen LogP contribution in [0.3, 0.4) is 0 Å². The van der Waals surface area contributed by atoms with Crippen LogP contribution in [0.2, 0.25) is 0 Å². The van der Waals surface area contributed by atoms with E-state index in [2.05, 4.69) is 26.5 Å². The number of rotatable bonds is 8. The van der Waals surface area contributed by atoms with E-state index < -0.39 is 48.1 Å². The van der Waals surface area contributed by atoms with Crippen molar-refractivity contribution in [1.29, 1.82) is 0 Å². The van der Waals surface area contributed by atoms with Gasteiger partial charge in [-0.05, 0) is 56.3 Å². The Morgan fingerprint density at radius 3 is 2.32 bits per heavy atom. The number of carbonyl (C=O) groups excluding carboxylic acids is 3. The molecule has 37 heavy (non-hydrogen) atoms. The molecule has 1 aliphatic heterocycles. The molecule has 1 spiro atoms. The van der Waals surface area contributed by atoms with Crippen molar-refractivity contribution in [1.82, 2.24) is 0 Å². The van der Waals surface area contributed by atoms with Crippen molar-refractivity contribution >= 4 is 17.9 Å². The van der Waals surface area contributed by atoms with Gasteiger partial charge in [-0.25, -0.2) is 0 Å². The number of aliphatic hydroxyl groups is 1. The van der Waals surface area contributed by atoms with Gasteiger partial charge in [-0.1, -0.05) is 52.0 Å². The van der Waals surface area contributed by atoms with Crippen molar-refractivity contribution in [2.24, 2.45) is 34.5 Å². The number of allylic oxidation sites excluding steroid dienone is 3. The monoisotopic (exact) mass is 520 g/mol. The minimum Gasteiger partial charge on any atom is -0.462 e. The number of hydrogen-bond acceptors (Lipinski definition) is 8. The quantitative estimate of drug-likeness (QED) is 0.279. The summed E-state index contributed by atoms with van der Waals surface area (Å²) in [6.07, 6.45) is 3.12. The van der Waals surface area contributed by atoms with Gasteiger partial charge in [0.2, 0.25) is 12.6 Å². The van der Waals surface area contributed by atoms with Gasteiger partial charge in [-0.15, -0.1) is 0 Å². The zero-order valence-corrected chi connectivity index (χ0v) is 23.3. The second-order valence-corrected chi connectivity index (χ2v) is 11.6. The molecule has 3 rings (SSSR count). The number of aliphatic hydroxyl groups excluding tert-OH is 1. The van der Waals surface area contributed by atoms with E-state index in [1.54, 1.807) is 6.08 Å². The molecule has 1 N–H and O–H groups in total. The van der Waals surface area contributed by atoms with Gasteiger partial charge in [0.15, 0.2) is 0 Å². The molecule has 10 atom stereocenters. The first-order valence-corrected chi connectivity index (χ1v) is 13.5. The number of esters is 3. The Morgan fingerprint density at radius 1 is 1.11 bits per heavy atom. The molecule has 2 saturated carbocycles. The highest BCUT2D eigenvalue weighted by molar-refractivity contribution is 5.72. The van der Waals surface area contributed by atoms with Crippen LogP contribution in [0.5, 0.6) is 0 Å². The molecule has 2 aliphatic carbocycles. The third kappa shape index (κ3) is 5.37. The summed E-state index contributed by atoms with van der Waals surface area (Å²) < 4.78 is 23.5. The summed E-state index contributed by atoms with van der Waals surface area (Å²) in [5, 5.41) is 11.8. The maximum absolute atomic E-state index is 12.8. The SMILES string of the molecule is C=CC(C)=CCC1(C)C(C)CC(O)C23C(OC(C)=O)OC(OC(C)=O)C2CC(OC(=O)C(C)CC)CC13. The predicted octanol–water partition coefficient (Wildman–Crippen LogP) is 4.69. The van der Waals surface area contributed by atoms with Crippen LogP contribution in [0.4, 0.5) is 0 Å². The first-order valence-electron chi connectivity index (χ1n) is 13.5. The Hall–Kier alpha value is -2.19. The highest BCUT2D eigenvalue weighted by Crippen LogP contribution is 2.68. The summed E-state index contributed by atoms with van der Waals surface area (Å²) >= 11 is 0. The van der Waals surface area contributed by atoms with Crippen molar-refractivity contribution in [2.45, 2.75) is 105 Å². The van der Waals surface area contributed by atoms with Crippen LogP contribution in [0.25, 0.3) is 0 Å². The molecular formula is C29H44O8. The normalized spacial score (nSPS) is 40.1. The van der Waals surface area contributed by atoms with Crippen LogP contribution in [0, 0.1) is 34.5 Å². The molecule has 1 heterocycles. The van der Waals surface area contributed by atoms with Gasteiger partial charge >= 0.3 is 17.9 Å². The first kappa shape index (κ1) is 29.4. The largest absolute Gasteiger partial charge is 0.462 e. The van der Waals surface area contributed by atoms with E-state index in [4.69, 9.17) is 18.9 Å². The lowest BCUT2D eigenvalue weighted by Gasteiger charge is -2.62. The van der Waals surface area contributed by atoms with Gasteiger partial charge in [0.1, 0.15) is 6.10 Å². The third-order valence-corrected chi connectivity index (χ3v) is 9.37. The highest BCUT2D eigenvalue weighted by atomic mass is 16.8. The molecular weight excluding hydrogens is 476 g/mol. The van der Waals surface area contributed by atoms with Crippen molar-refractivity contribution in [2.75, 3.05) is 0 Å². The third-order valence-electron chi connectivity index (χ3n) is 9.37. The van der Waals surface area contributed by atoms with E-state index in [0.717, 1.165) is 5.57 Å². The molecule has 0 amide bonds. The maximum atomic E-state index is 12.8. The van der Waals surface area contributed by atoms with Gasteiger partial charge < -0.3 is 24.1 Å². The Labute approximate surface area is 220 Å². The van der Waals surface area contributed by atoms with Crippen LogP contribution >= 0.6 is 0 Å². The lowest BCUT2D eigenvalue weighted by atomic mass is 9.43. The average Bonchev–Trinajstić information content (AvgIpc) is 3.12. The summed E-state index contributed by atoms with van der Waals surface area (Å²) in [6, 6.07) is 0. The average molecular weight is 521 g/mol. The molecule has 1 saturated heterocycles.